The van der Waals surface area contributed by atoms with Crippen LogP contribution in [0.25, 0.3) is 10.2 Å². The quantitative estimate of drug-likeness (QED) is 0.668. The SMILES string of the molecule is CN(C(=O)CN(C)S(=O)(=O)c1ccc(F)cc1)c1nc2ccccc2s1. The van der Waals surface area contributed by atoms with Gasteiger partial charge in [-0.2, -0.15) is 4.31 Å². The summed E-state index contributed by atoms with van der Waals surface area (Å²) in [6, 6.07) is 12.0. The molecule has 1 aromatic heterocycles. The third-order valence-electron chi connectivity index (χ3n) is 3.82. The maximum Gasteiger partial charge on any atom is 0.243 e. The number of rotatable bonds is 5. The molecular weight excluding hydrogens is 377 g/mol. The van der Waals surface area contributed by atoms with Crippen LogP contribution in [0, 0.1) is 5.82 Å². The summed E-state index contributed by atoms with van der Waals surface area (Å²) in [6.07, 6.45) is 0. The Morgan fingerprint density at radius 3 is 2.42 bits per heavy atom. The van der Waals surface area contributed by atoms with E-state index in [0.717, 1.165) is 26.7 Å². The van der Waals surface area contributed by atoms with Crippen LogP contribution in [-0.4, -0.2) is 44.3 Å². The van der Waals surface area contributed by atoms with E-state index >= 15 is 0 Å². The van der Waals surface area contributed by atoms with Crippen molar-refractivity contribution < 1.29 is 17.6 Å². The highest BCUT2D eigenvalue weighted by atomic mass is 32.2. The number of carbonyl (C=O) groups excluding carboxylic acids is 1. The molecule has 0 atom stereocenters. The fourth-order valence-electron chi connectivity index (χ4n) is 2.28. The van der Waals surface area contributed by atoms with E-state index < -0.39 is 21.7 Å². The van der Waals surface area contributed by atoms with Gasteiger partial charge in [-0.1, -0.05) is 23.5 Å². The van der Waals surface area contributed by atoms with Gasteiger partial charge in [0.25, 0.3) is 0 Å². The molecule has 0 bridgehead atoms. The summed E-state index contributed by atoms with van der Waals surface area (Å²) in [7, 11) is -1.03. The van der Waals surface area contributed by atoms with E-state index in [2.05, 4.69) is 4.98 Å². The van der Waals surface area contributed by atoms with Gasteiger partial charge in [0.15, 0.2) is 5.13 Å². The molecular formula is C17H16FN3O3S2. The van der Waals surface area contributed by atoms with Crippen molar-refractivity contribution in [3.63, 3.8) is 0 Å². The Labute approximate surface area is 154 Å². The molecule has 0 saturated heterocycles. The first-order valence-electron chi connectivity index (χ1n) is 7.63. The summed E-state index contributed by atoms with van der Waals surface area (Å²) in [5.74, 6) is -0.949. The number of anilines is 1. The van der Waals surface area contributed by atoms with Crippen LogP contribution in [0.2, 0.25) is 0 Å². The van der Waals surface area contributed by atoms with Crippen molar-refractivity contribution in [3.8, 4) is 0 Å². The third kappa shape index (κ3) is 3.59. The number of sulfonamides is 1. The Hall–Kier alpha value is -2.36. The summed E-state index contributed by atoms with van der Waals surface area (Å²) in [6.45, 7) is -0.355. The van der Waals surface area contributed by atoms with E-state index in [9.17, 15) is 17.6 Å². The molecule has 136 valence electrons. The molecule has 0 aliphatic carbocycles. The lowest BCUT2D eigenvalue weighted by Gasteiger charge is -2.20. The molecule has 1 amide bonds. The number of thiazole rings is 1. The van der Waals surface area contributed by atoms with Crippen molar-refractivity contribution in [1.29, 1.82) is 0 Å². The predicted octanol–water partition coefficient (Wildman–Crippen LogP) is 2.72. The molecule has 0 saturated carbocycles. The number of hydrogen-bond acceptors (Lipinski definition) is 5. The fraction of sp³-hybridized carbons (Fsp3) is 0.176. The van der Waals surface area contributed by atoms with Crippen molar-refractivity contribution in [1.82, 2.24) is 9.29 Å². The van der Waals surface area contributed by atoms with Crippen molar-refractivity contribution in [3.05, 3.63) is 54.3 Å². The number of fused-ring (bicyclic) bond motifs is 1. The van der Waals surface area contributed by atoms with E-state index in [1.165, 1.54) is 35.4 Å². The highest BCUT2D eigenvalue weighted by Crippen LogP contribution is 2.28. The Morgan fingerprint density at radius 1 is 1.12 bits per heavy atom. The van der Waals surface area contributed by atoms with Crippen LogP contribution in [0.15, 0.2) is 53.4 Å². The van der Waals surface area contributed by atoms with Gasteiger partial charge in [0, 0.05) is 14.1 Å². The monoisotopic (exact) mass is 393 g/mol. The molecule has 0 spiro atoms. The largest absolute Gasteiger partial charge is 0.290 e. The second-order valence-corrected chi connectivity index (χ2v) is 8.69. The maximum atomic E-state index is 13.0. The van der Waals surface area contributed by atoms with E-state index in [1.807, 2.05) is 24.3 Å². The minimum atomic E-state index is -3.89. The summed E-state index contributed by atoms with van der Waals surface area (Å²) in [5, 5.41) is 0.490. The number of amides is 1. The predicted molar refractivity (Wildman–Crippen MR) is 99.2 cm³/mol. The van der Waals surface area contributed by atoms with E-state index in [4.69, 9.17) is 0 Å². The van der Waals surface area contributed by atoms with Gasteiger partial charge in [0.2, 0.25) is 15.9 Å². The number of nitrogens with zero attached hydrogens (tertiary/aromatic N) is 3. The van der Waals surface area contributed by atoms with Crippen molar-refractivity contribution in [2.45, 2.75) is 4.90 Å². The van der Waals surface area contributed by atoms with Gasteiger partial charge in [0.05, 0.1) is 21.7 Å². The maximum absolute atomic E-state index is 13.0. The summed E-state index contributed by atoms with van der Waals surface area (Å²) in [5.41, 5.74) is 0.777. The fourth-order valence-corrected chi connectivity index (χ4v) is 4.34. The van der Waals surface area contributed by atoms with Gasteiger partial charge in [-0.15, -0.1) is 0 Å². The average molecular weight is 393 g/mol. The van der Waals surface area contributed by atoms with Gasteiger partial charge in [-0.05, 0) is 36.4 Å². The zero-order valence-corrected chi connectivity index (χ0v) is 15.7. The molecule has 0 aliphatic heterocycles. The van der Waals surface area contributed by atoms with Crippen LogP contribution in [0.5, 0.6) is 0 Å². The summed E-state index contributed by atoms with van der Waals surface area (Å²) >= 11 is 1.35. The van der Waals surface area contributed by atoms with Crippen LogP contribution in [0.3, 0.4) is 0 Å². The van der Waals surface area contributed by atoms with Crippen LogP contribution in [0.4, 0.5) is 9.52 Å². The molecule has 0 unspecified atom stereocenters. The first-order chi connectivity index (χ1) is 12.3. The molecule has 0 radical (unpaired) electrons. The molecule has 6 nitrogen and oxygen atoms in total. The molecule has 0 aliphatic rings. The van der Waals surface area contributed by atoms with Crippen molar-refractivity contribution >= 4 is 42.6 Å². The molecule has 3 rings (SSSR count). The first kappa shape index (κ1) is 18.4. The molecule has 26 heavy (non-hydrogen) atoms. The standard InChI is InChI=1S/C17H16FN3O3S2/c1-20(26(23,24)13-9-7-12(18)8-10-13)11-16(22)21(2)17-19-14-5-3-4-6-15(14)25-17/h3-10H,11H2,1-2H3. The molecule has 0 N–H and O–H groups in total. The number of carbonyl (C=O) groups is 1. The van der Waals surface area contributed by atoms with E-state index in [1.54, 1.807) is 7.05 Å². The van der Waals surface area contributed by atoms with Crippen molar-refractivity contribution in [2.75, 3.05) is 25.5 Å². The molecule has 3 aromatic rings. The molecule has 9 heteroatoms. The Morgan fingerprint density at radius 2 is 1.77 bits per heavy atom. The molecule has 1 heterocycles. The number of benzene rings is 2. The van der Waals surface area contributed by atoms with E-state index in [-0.39, 0.29) is 11.4 Å². The number of para-hydroxylation sites is 1. The Balaban J connectivity index is 1.76. The Kier molecular flexibility index (Phi) is 5.03. The lowest BCUT2D eigenvalue weighted by Crippen LogP contribution is -2.39. The minimum absolute atomic E-state index is 0.0724. The smallest absolute Gasteiger partial charge is 0.243 e. The Bertz CT molecular complexity index is 1020. The third-order valence-corrected chi connectivity index (χ3v) is 6.75. The van der Waals surface area contributed by atoms with E-state index in [0.29, 0.717) is 5.13 Å². The van der Waals surface area contributed by atoms with Gasteiger partial charge < -0.3 is 0 Å². The zero-order chi connectivity index (χ0) is 18.9. The van der Waals surface area contributed by atoms with Crippen LogP contribution < -0.4 is 4.90 Å². The van der Waals surface area contributed by atoms with Crippen LogP contribution >= 0.6 is 11.3 Å². The second-order valence-electron chi connectivity index (χ2n) is 5.63. The number of aromatic nitrogens is 1. The average Bonchev–Trinajstić information content (AvgIpc) is 3.05. The van der Waals surface area contributed by atoms with Crippen LogP contribution in [-0.2, 0) is 14.8 Å². The molecule has 0 fully saturated rings. The summed E-state index contributed by atoms with van der Waals surface area (Å²) < 4.78 is 39.9. The normalized spacial score (nSPS) is 11.8. The summed E-state index contributed by atoms with van der Waals surface area (Å²) in [4.78, 5) is 18.1. The number of hydrogen-bond donors (Lipinski definition) is 0. The zero-order valence-electron chi connectivity index (χ0n) is 14.1. The van der Waals surface area contributed by atoms with Gasteiger partial charge in [-0.25, -0.2) is 17.8 Å². The van der Waals surface area contributed by atoms with Crippen LogP contribution in [0.1, 0.15) is 0 Å². The highest BCUT2D eigenvalue weighted by molar-refractivity contribution is 7.89. The molecule has 2 aromatic carbocycles. The minimum Gasteiger partial charge on any atom is -0.290 e. The van der Waals surface area contributed by atoms with Crippen molar-refractivity contribution in [2.24, 2.45) is 0 Å². The van der Waals surface area contributed by atoms with Gasteiger partial charge in [-0.3, -0.25) is 9.69 Å². The van der Waals surface area contributed by atoms with Gasteiger partial charge in [0.1, 0.15) is 5.82 Å². The highest BCUT2D eigenvalue weighted by Gasteiger charge is 2.25. The topological polar surface area (TPSA) is 70.6 Å². The van der Waals surface area contributed by atoms with Gasteiger partial charge >= 0.3 is 0 Å². The second kappa shape index (κ2) is 7.10. The first-order valence-corrected chi connectivity index (χ1v) is 9.89. The lowest BCUT2D eigenvalue weighted by molar-refractivity contribution is -0.118. The number of halogens is 1. The lowest BCUT2D eigenvalue weighted by atomic mass is 10.3. The number of likely N-dealkylation sites (N-methyl/N-ethyl adjacent to an activating group) is 2.